The van der Waals surface area contributed by atoms with Gasteiger partial charge in [-0.3, -0.25) is 9.78 Å². The molecule has 1 N–H and O–H groups in total. The highest BCUT2D eigenvalue weighted by molar-refractivity contribution is 6.62. The van der Waals surface area contributed by atoms with Crippen LogP contribution >= 0.6 is 0 Å². The topological polar surface area (TPSA) is 60.5 Å². The summed E-state index contributed by atoms with van der Waals surface area (Å²) in [6.07, 6.45) is 4.31. The number of carbonyl (C=O) groups is 1. The lowest BCUT2D eigenvalue weighted by atomic mass is 9.78. The summed E-state index contributed by atoms with van der Waals surface area (Å²) >= 11 is 0. The molecule has 1 aliphatic rings. The molecular formula is C25H29BN2O3. The van der Waals surface area contributed by atoms with E-state index >= 15 is 0 Å². The van der Waals surface area contributed by atoms with E-state index < -0.39 is 18.3 Å². The van der Waals surface area contributed by atoms with Crippen LogP contribution in [0.4, 0.5) is 0 Å². The number of pyridine rings is 1. The quantitative estimate of drug-likeness (QED) is 0.626. The smallest absolute Gasteiger partial charge is 0.399 e. The van der Waals surface area contributed by atoms with Crippen LogP contribution in [0.3, 0.4) is 0 Å². The van der Waals surface area contributed by atoms with Crippen molar-refractivity contribution in [3.8, 4) is 0 Å². The summed E-state index contributed by atoms with van der Waals surface area (Å²) in [5, 5.41) is 5.19. The van der Waals surface area contributed by atoms with Gasteiger partial charge < -0.3 is 14.6 Å². The van der Waals surface area contributed by atoms with Gasteiger partial charge in [0.05, 0.1) is 17.2 Å². The maximum absolute atomic E-state index is 13.0. The van der Waals surface area contributed by atoms with Crippen molar-refractivity contribution in [2.45, 2.75) is 58.3 Å². The number of nitrogens with one attached hydrogen (secondary N) is 1. The van der Waals surface area contributed by atoms with Crippen LogP contribution in [0.15, 0.2) is 60.9 Å². The molecule has 1 fully saturated rings. The Hall–Kier alpha value is -2.70. The van der Waals surface area contributed by atoms with Crippen molar-refractivity contribution in [1.29, 1.82) is 0 Å². The van der Waals surface area contributed by atoms with Crippen molar-refractivity contribution >= 4 is 29.3 Å². The van der Waals surface area contributed by atoms with Crippen molar-refractivity contribution in [3.63, 3.8) is 0 Å². The normalized spacial score (nSPS) is 18.2. The number of fused-ring (bicyclic) bond motifs is 1. The fourth-order valence-corrected chi connectivity index (χ4v) is 3.79. The molecule has 160 valence electrons. The number of hydrogen-bond donors (Lipinski definition) is 1. The van der Waals surface area contributed by atoms with Gasteiger partial charge in [-0.15, -0.1) is 0 Å². The number of rotatable bonds is 5. The fraction of sp³-hybridized carbons (Fsp3) is 0.360. The van der Waals surface area contributed by atoms with Crippen LogP contribution in [0.5, 0.6) is 0 Å². The van der Waals surface area contributed by atoms with Gasteiger partial charge in [-0.05, 0) is 68.7 Å². The lowest BCUT2D eigenvalue weighted by Crippen LogP contribution is -2.41. The third-order valence-electron chi connectivity index (χ3n) is 6.45. The maximum Gasteiger partial charge on any atom is 0.494 e. The van der Waals surface area contributed by atoms with Crippen molar-refractivity contribution < 1.29 is 14.1 Å². The number of aromatic nitrogens is 1. The molecule has 1 saturated heterocycles. The second kappa shape index (κ2) is 8.10. The van der Waals surface area contributed by atoms with Crippen molar-refractivity contribution in [2.75, 3.05) is 0 Å². The van der Waals surface area contributed by atoms with Crippen molar-refractivity contribution in [1.82, 2.24) is 10.3 Å². The van der Waals surface area contributed by atoms with Gasteiger partial charge in [-0.25, -0.2) is 0 Å². The minimum absolute atomic E-state index is 0.0911. The largest absolute Gasteiger partial charge is 0.494 e. The first-order chi connectivity index (χ1) is 14.7. The first-order valence-corrected chi connectivity index (χ1v) is 10.8. The molecule has 1 atom stereocenters. The summed E-state index contributed by atoms with van der Waals surface area (Å²) in [5.74, 6) is -0.0911. The number of benzene rings is 2. The molecule has 1 unspecified atom stereocenters. The van der Waals surface area contributed by atoms with Crippen LogP contribution in [0, 0.1) is 0 Å². The predicted molar refractivity (Wildman–Crippen MR) is 124 cm³/mol. The zero-order chi connectivity index (χ0) is 22.2. The van der Waals surface area contributed by atoms with Crippen LogP contribution < -0.4 is 10.8 Å². The molecule has 2 aromatic carbocycles. The molecular weight excluding hydrogens is 387 g/mol. The molecule has 1 aliphatic heterocycles. The zero-order valence-electron chi connectivity index (χ0n) is 18.8. The Morgan fingerprint density at radius 3 is 2.48 bits per heavy atom. The molecule has 0 aliphatic carbocycles. The standard InChI is InChI=1S/C25H29BN2O3/c1-6-22(28-23(29)19-10-11-20-16-27-13-12-17(20)14-19)18-8-7-9-21(15-18)26-30-24(2,3)25(4,5)31-26/h7-16,22H,6H2,1-5H3,(H,28,29). The van der Waals surface area contributed by atoms with Gasteiger partial charge in [0.2, 0.25) is 0 Å². The van der Waals surface area contributed by atoms with Gasteiger partial charge in [0, 0.05) is 23.3 Å². The molecule has 3 aromatic rings. The highest BCUT2D eigenvalue weighted by atomic mass is 16.7. The minimum Gasteiger partial charge on any atom is -0.399 e. The zero-order valence-corrected chi connectivity index (χ0v) is 18.8. The first-order valence-electron chi connectivity index (χ1n) is 10.8. The third kappa shape index (κ3) is 4.23. The Balaban J connectivity index is 1.54. The van der Waals surface area contributed by atoms with E-state index in [1.165, 1.54) is 0 Å². The minimum atomic E-state index is -0.424. The number of hydrogen-bond acceptors (Lipinski definition) is 4. The van der Waals surface area contributed by atoms with Gasteiger partial charge in [0.25, 0.3) is 5.91 Å². The van der Waals surface area contributed by atoms with Gasteiger partial charge in [0.1, 0.15) is 0 Å². The van der Waals surface area contributed by atoms with E-state index in [1.54, 1.807) is 12.4 Å². The highest BCUT2D eigenvalue weighted by Gasteiger charge is 2.51. The van der Waals surface area contributed by atoms with Crippen LogP contribution in [0.25, 0.3) is 10.8 Å². The molecule has 0 bridgehead atoms. The first kappa shape index (κ1) is 21.5. The summed E-state index contributed by atoms with van der Waals surface area (Å²) in [7, 11) is -0.424. The summed E-state index contributed by atoms with van der Waals surface area (Å²) in [5.41, 5.74) is 1.85. The van der Waals surface area contributed by atoms with Crippen molar-refractivity contribution in [3.05, 3.63) is 72.1 Å². The van der Waals surface area contributed by atoms with Gasteiger partial charge in [-0.2, -0.15) is 0 Å². The Morgan fingerprint density at radius 1 is 1.03 bits per heavy atom. The van der Waals surface area contributed by atoms with E-state index in [2.05, 4.69) is 23.3 Å². The van der Waals surface area contributed by atoms with Crippen LogP contribution in [0.2, 0.25) is 0 Å². The Kier molecular flexibility index (Phi) is 5.62. The molecule has 0 spiro atoms. The molecule has 6 heteroatoms. The molecule has 0 saturated carbocycles. The van der Waals surface area contributed by atoms with Crippen LogP contribution in [-0.2, 0) is 9.31 Å². The van der Waals surface area contributed by atoms with E-state index in [4.69, 9.17) is 9.31 Å². The predicted octanol–water partition coefficient (Wildman–Crippen LogP) is 4.42. The molecule has 31 heavy (non-hydrogen) atoms. The third-order valence-corrected chi connectivity index (χ3v) is 6.45. The second-order valence-electron chi connectivity index (χ2n) is 9.13. The average Bonchev–Trinajstić information content (AvgIpc) is 2.98. The van der Waals surface area contributed by atoms with E-state index in [0.717, 1.165) is 28.2 Å². The molecule has 0 radical (unpaired) electrons. The summed E-state index contributed by atoms with van der Waals surface area (Å²) < 4.78 is 12.4. The van der Waals surface area contributed by atoms with E-state index in [0.29, 0.717) is 5.56 Å². The van der Waals surface area contributed by atoms with E-state index in [9.17, 15) is 4.79 Å². The van der Waals surface area contributed by atoms with Gasteiger partial charge in [-0.1, -0.05) is 37.3 Å². The van der Waals surface area contributed by atoms with Crippen molar-refractivity contribution in [2.24, 2.45) is 0 Å². The number of nitrogens with zero attached hydrogens (tertiary/aromatic N) is 1. The maximum atomic E-state index is 13.0. The summed E-state index contributed by atoms with van der Waals surface area (Å²) in [4.78, 5) is 17.1. The fourth-order valence-electron chi connectivity index (χ4n) is 3.79. The Labute approximate surface area is 184 Å². The Bertz CT molecular complexity index is 1100. The Morgan fingerprint density at radius 2 is 1.77 bits per heavy atom. The van der Waals surface area contributed by atoms with Crippen LogP contribution in [0.1, 0.15) is 63.0 Å². The lowest BCUT2D eigenvalue weighted by Gasteiger charge is -2.32. The van der Waals surface area contributed by atoms with E-state index in [1.807, 2.05) is 70.2 Å². The van der Waals surface area contributed by atoms with Crippen LogP contribution in [-0.4, -0.2) is 29.2 Å². The molecule has 5 nitrogen and oxygen atoms in total. The van der Waals surface area contributed by atoms with Gasteiger partial charge in [0.15, 0.2) is 0 Å². The highest BCUT2D eigenvalue weighted by Crippen LogP contribution is 2.36. The molecule has 1 amide bonds. The summed E-state index contributed by atoms with van der Waals surface area (Å²) in [6, 6.07) is 15.6. The van der Waals surface area contributed by atoms with Gasteiger partial charge >= 0.3 is 7.12 Å². The molecule has 4 rings (SSSR count). The lowest BCUT2D eigenvalue weighted by molar-refractivity contribution is 0.00578. The van der Waals surface area contributed by atoms with E-state index in [-0.39, 0.29) is 11.9 Å². The summed E-state index contributed by atoms with van der Waals surface area (Å²) in [6.45, 7) is 10.3. The monoisotopic (exact) mass is 416 g/mol. The molecule has 2 heterocycles. The average molecular weight is 416 g/mol. The SMILES string of the molecule is CCC(NC(=O)c1ccc2cnccc2c1)c1cccc(B2OC(C)(C)C(C)(C)O2)c1. The number of carbonyl (C=O) groups excluding carboxylic acids is 1. The molecule has 1 aromatic heterocycles. The number of amides is 1. The second-order valence-corrected chi connectivity index (χ2v) is 9.13.